The molecule has 0 N–H and O–H groups in total. The molecule has 0 saturated carbocycles. The zero-order chi connectivity index (χ0) is 14.3. The lowest BCUT2D eigenvalue weighted by atomic mass is 10.1. The van der Waals surface area contributed by atoms with Crippen LogP contribution in [0.25, 0.3) is 22.3 Å². The summed E-state index contributed by atoms with van der Waals surface area (Å²) in [5, 5.41) is 0.570. The zero-order valence-corrected chi connectivity index (χ0v) is 12.8. The molecule has 0 amide bonds. The molecule has 0 spiro atoms. The first-order valence-corrected chi connectivity index (χ1v) is 7.13. The lowest BCUT2D eigenvalue weighted by molar-refractivity contribution is 0.612. The maximum atomic E-state index is 13.0. The standard InChI is InChI=1S/C16H10FIO2/c1-9-2-7-13-12(8-9)15(19)14(18)16(20-13)10-3-5-11(17)6-4-10/h2-8H,1H3. The summed E-state index contributed by atoms with van der Waals surface area (Å²) in [6.45, 7) is 1.93. The highest BCUT2D eigenvalue weighted by Gasteiger charge is 2.13. The zero-order valence-electron chi connectivity index (χ0n) is 10.6. The van der Waals surface area contributed by atoms with Crippen LogP contribution < -0.4 is 5.43 Å². The van der Waals surface area contributed by atoms with E-state index in [1.54, 1.807) is 18.2 Å². The number of hydrogen-bond donors (Lipinski definition) is 0. The average molecular weight is 380 g/mol. The van der Waals surface area contributed by atoms with Gasteiger partial charge in [0.25, 0.3) is 0 Å². The van der Waals surface area contributed by atoms with Crippen molar-refractivity contribution in [2.75, 3.05) is 0 Å². The van der Waals surface area contributed by atoms with Gasteiger partial charge in [-0.15, -0.1) is 0 Å². The summed E-state index contributed by atoms with van der Waals surface area (Å²) in [6.07, 6.45) is 0. The van der Waals surface area contributed by atoms with Crippen molar-refractivity contribution < 1.29 is 8.81 Å². The Morgan fingerprint density at radius 2 is 1.80 bits per heavy atom. The van der Waals surface area contributed by atoms with Gasteiger partial charge in [-0.25, -0.2) is 4.39 Å². The van der Waals surface area contributed by atoms with Crippen LogP contribution in [0.2, 0.25) is 0 Å². The molecule has 0 atom stereocenters. The van der Waals surface area contributed by atoms with Crippen molar-refractivity contribution in [3.8, 4) is 11.3 Å². The lowest BCUT2D eigenvalue weighted by Crippen LogP contribution is -2.07. The molecule has 0 unspecified atom stereocenters. The van der Waals surface area contributed by atoms with Gasteiger partial charge in [0.15, 0.2) is 5.76 Å². The van der Waals surface area contributed by atoms with Crippen LogP contribution in [0.15, 0.2) is 51.7 Å². The van der Waals surface area contributed by atoms with E-state index >= 15 is 0 Å². The molecule has 3 aromatic rings. The van der Waals surface area contributed by atoms with Gasteiger partial charge in [0, 0.05) is 5.56 Å². The smallest absolute Gasteiger partial charge is 0.206 e. The normalized spacial score (nSPS) is 10.9. The summed E-state index contributed by atoms with van der Waals surface area (Å²) >= 11 is 1.98. The molecule has 20 heavy (non-hydrogen) atoms. The minimum absolute atomic E-state index is 0.0603. The van der Waals surface area contributed by atoms with Crippen molar-refractivity contribution in [2.45, 2.75) is 6.92 Å². The van der Waals surface area contributed by atoms with E-state index in [0.29, 0.717) is 25.9 Å². The van der Waals surface area contributed by atoms with Crippen LogP contribution in [0.4, 0.5) is 4.39 Å². The van der Waals surface area contributed by atoms with E-state index in [4.69, 9.17) is 4.42 Å². The molecule has 4 heteroatoms. The molecule has 0 aliphatic rings. The summed E-state index contributed by atoms with van der Waals surface area (Å²) in [5.41, 5.74) is 2.18. The van der Waals surface area contributed by atoms with Gasteiger partial charge < -0.3 is 4.42 Å². The Morgan fingerprint density at radius 3 is 2.50 bits per heavy atom. The number of hydrogen-bond acceptors (Lipinski definition) is 2. The Balaban J connectivity index is 2.32. The maximum absolute atomic E-state index is 13.0. The Kier molecular flexibility index (Phi) is 3.33. The summed E-state index contributed by atoms with van der Waals surface area (Å²) < 4.78 is 19.3. The van der Waals surface area contributed by atoms with Gasteiger partial charge in [0.05, 0.1) is 5.39 Å². The van der Waals surface area contributed by atoms with Crippen LogP contribution in [0.3, 0.4) is 0 Å². The van der Waals surface area contributed by atoms with Crippen LogP contribution in [0.1, 0.15) is 5.56 Å². The van der Waals surface area contributed by atoms with Gasteiger partial charge >= 0.3 is 0 Å². The summed E-state index contributed by atoms with van der Waals surface area (Å²) in [5.74, 6) is 0.162. The third-order valence-electron chi connectivity index (χ3n) is 3.10. The van der Waals surface area contributed by atoms with Crippen molar-refractivity contribution in [1.82, 2.24) is 0 Å². The first kappa shape index (κ1) is 13.3. The van der Waals surface area contributed by atoms with E-state index in [1.807, 2.05) is 41.6 Å². The van der Waals surface area contributed by atoms with Gasteiger partial charge in [-0.1, -0.05) is 11.6 Å². The van der Waals surface area contributed by atoms with Crippen molar-refractivity contribution >= 4 is 33.6 Å². The first-order valence-electron chi connectivity index (χ1n) is 6.05. The predicted octanol–water partition coefficient (Wildman–Crippen LogP) is 4.51. The van der Waals surface area contributed by atoms with Crippen molar-refractivity contribution in [3.05, 3.63) is 67.6 Å². The summed E-state index contributed by atoms with van der Waals surface area (Å²) in [4.78, 5) is 12.4. The Bertz CT molecular complexity index is 851. The third kappa shape index (κ3) is 2.24. The predicted molar refractivity (Wildman–Crippen MR) is 85.3 cm³/mol. The van der Waals surface area contributed by atoms with E-state index in [2.05, 4.69) is 0 Å². The Hall–Kier alpha value is -1.69. The van der Waals surface area contributed by atoms with E-state index < -0.39 is 0 Å². The molecule has 0 fully saturated rings. The lowest BCUT2D eigenvalue weighted by Gasteiger charge is -2.06. The Morgan fingerprint density at radius 1 is 1.10 bits per heavy atom. The number of fused-ring (bicyclic) bond motifs is 1. The average Bonchev–Trinajstić information content (AvgIpc) is 2.44. The summed E-state index contributed by atoms with van der Waals surface area (Å²) in [6, 6.07) is 11.4. The number of halogens is 2. The molecule has 0 bridgehead atoms. The Labute approximate surface area is 128 Å². The van der Waals surface area contributed by atoms with Crippen LogP contribution in [-0.2, 0) is 0 Å². The topological polar surface area (TPSA) is 30.2 Å². The molecule has 1 heterocycles. The molecule has 1 aromatic heterocycles. The van der Waals surface area contributed by atoms with E-state index in [9.17, 15) is 9.18 Å². The number of benzene rings is 2. The highest BCUT2D eigenvalue weighted by molar-refractivity contribution is 14.1. The molecular weight excluding hydrogens is 370 g/mol. The minimum Gasteiger partial charge on any atom is -0.455 e. The molecule has 2 aromatic carbocycles. The van der Waals surface area contributed by atoms with Gasteiger partial charge in [-0.3, -0.25) is 4.79 Å². The minimum atomic E-state index is -0.317. The fourth-order valence-corrected chi connectivity index (χ4v) is 2.79. The van der Waals surface area contributed by atoms with E-state index in [0.717, 1.165) is 5.56 Å². The first-order chi connectivity index (χ1) is 9.56. The maximum Gasteiger partial charge on any atom is 0.206 e. The van der Waals surface area contributed by atoms with Gasteiger partial charge in [0.1, 0.15) is 15.0 Å². The summed E-state index contributed by atoms with van der Waals surface area (Å²) in [7, 11) is 0. The molecule has 100 valence electrons. The molecule has 0 aliphatic heterocycles. The van der Waals surface area contributed by atoms with E-state index in [1.165, 1.54) is 12.1 Å². The highest BCUT2D eigenvalue weighted by Crippen LogP contribution is 2.27. The van der Waals surface area contributed by atoms with Gasteiger partial charge in [-0.05, 0) is 65.9 Å². The van der Waals surface area contributed by atoms with Crippen molar-refractivity contribution in [1.29, 1.82) is 0 Å². The highest BCUT2D eigenvalue weighted by atomic mass is 127. The quantitative estimate of drug-likeness (QED) is 0.582. The molecule has 3 rings (SSSR count). The molecule has 0 aliphatic carbocycles. The third-order valence-corrected chi connectivity index (χ3v) is 4.08. The molecular formula is C16H10FIO2. The SMILES string of the molecule is Cc1ccc2oc(-c3ccc(F)cc3)c(I)c(=O)c2c1. The second-order valence-corrected chi connectivity index (χ2v) is 5.66. The van der Waals surface area contributed by atoms with Crippen LogP contribution in [0.5, 0.6) is 0 Å². The van der Waals surface area contributed by atoms with Crippen LogP contribution in [0, 0.1) is 16.3 Å². The fraction of sp³-hybridized carbons (Fsp3) is 0.0625. The van der Waals surface area contributed by atoms with Crippen LogP contribution >= 0.6 is 22.6 Å². The fourth-order valence-electron chi connectivity index (χ4n) is 2.07. The number of rotatable bonds is 1. The number of aryl methyl sites for hydroxylation is 1. The largest absolute Gasteiger partial charge is 0.455 e. The van der Waals surface area contributed by atoms with Gasteiger partial charge in [0.2, 0.25) is 5.43 Å². The van der Waals surface area contributed by atoms with Crippen molar-refractivity contribution in [2.24, 2.45) is 0 Å². The molecule has 2 nitrogen and oxygen atoms in total. The second-order valence-electron chi connectivity index (χ2n) is 4.58. The van der Waals surface area contributed by atoms with Crippen LogP contribution in [-0.4, -0.2) is 0 Å². The van der Waals surface area contributed by atoms with E-state index in [-0.39, 0.29) is 11.2 Å². The van der Waals surface area contributed by atoms with Gasteiger partial charge in [-0.2, -0.15) is 0 Å². The second kappa shape index (κ2) is 5.01. The molecule has 0 saturated heterocycles. The monoisotopic (exact) mass is 380 g/mol. The van der Waals surface area contributed by atoms with Crippen molar-refractivity contribution in [3.63, 3.8) is 0 Å². The molecule has 0 radical (unpaired) electrons.